The van der Waals surface area contributed by atoms with Crippen LogP contribution in [-0.4, -0.2) is 22.4 Å². The summed E-state index contributed by atoms with van der Waals surface area (Å²) in [7, 11) is 0. The molecule has 0 saturated carbocycles. The number of hydrogen-bond acceptors (Lipinski definition) is 8. The molecule has 0 unspecified atom stereocenters. The van der Waals surface area contributed by atoms with E-state index < -0.39 is 27.1 Å². The van der Waals surface area contributed by atoms with E-state index in [1.807, 2.05) is 13.0 Å². The van der Waals surface area contributed by atoms with Crippen LogP contribution in [0, 0.1) is 31.6 Å². The SMILES string of the molecule is CCOc1ccc(NC(=O)/C(C#N)=C\c2cccc(Oc3ccc([N+](=O)[O-])cc3[N+](=O)[O-])c2)cc1. The average molecular weight is 474 g/mol. The summed E-state index contributed by atoms with van der Waals surface area (Å²) in [5, 5.41) is 34.3. The van der Waals surface area contributed by atoms with E-state index in [0.29, 0.717) is 23.6 Å². The van der Waals surface area contributed by atoms with Crippen molar-refractivity contribution >= 4 is 29.0 Å². The molecule has 3 rings (SSSR count). The number of hydrogen-bond donors (Lipinski definition) is 1. The Kier molecular flexibility index (Phi) is 7.71. The van der Waals surface area contributed by atoms with Crippen LogP contribution in [0.1, 0.15) is 12.5 Å². The molecular formula is C24H18N4O7. The van der Waals surface area contributed by atoms with E-state index in [2.05, 4.69) is 5.32 Å². The highest BCUT2D eigenvalue weighted by Gasteiger charge is 2.21. The smallest absolute Gasteiger partial charge is 0.318 e. The molecule has 0 spiro atoms. The van der Waals surface area contributed by atoms with Crippen molar-refractivity contribution < 1.29 is 24.1 Å². The van der Waals surface area contributed by atoms with Gasteiger partial charge in [-0.1, -0.05) is 12.1 Å². The molecule has 0 heterocycles. The monoisotopic (exact) mass is 474 g/mol. The first-order valence-corrected chi connectivity index (χ1v) is 10.2. The number of non-ortho nitro benzene ring substituents is 1. The van der Waals surface area contributed by atoms with Crippen LogP contribution in [0.2, 0.25) is 0 Å². The van der Waals surface area contributed by atoms with E-state index in [-0.39, 0.29) is 17.1 Å². The number of nitrogens with one attached hydrogen (secondary N) is 1. The number of ether oxygens (including phenoxy) is 2. The van der Waals surface area contributed by atoms with Crippen LogP contribution in [0.3, 0.4) is 0 Å². The minimum atomic E-state index is -0.787. The molecule has 11 heteroatoms. The highest BCUT2D eigenvalue weighted by Crippen LogP contribution is 2.34. The number of nitrogens with zero attached hydrogens (tertiary/aromatic N) is 3. The van der Waals surface area contributed by atoms with Crippen molar-refractivity contribution in [2.24, 2.45) is 0 Å². The third-order valence-electron chi connectivity index (χ3n) is 4.54. The summed E-state index contributed by atoms with van der Waals surface area (Å²) in [6, 6.07) is 17.7. The Bertz CT molecular complexity index is 1340. The molecule has 35 heavy (non-hydrogen) atoms. The maximum atomic E-state index is 12.5. The van der Waals surface area contributed by atoms with E-state index >= 15 is 0 Å². The van der Waals surface area contributed by atoms with Gasteiger partial charge >= 0.3 is 5.69 Å². The first kappa shape index (κ1) is 24.4. The second-order valence-corrected chi connectivity index (χ2v) is 6.92. The van der Waals surface area contributed by atoms with Gasteiger partial charge in [0.25, 0.3) is 11.6 Å². The van der Waals surface area contributed by atoms with Crippen LogP contribution in [0.25, 0.3) is 6.08 Å². The maximum absolute atomic E-state index is 12.5. The summed E-state index contributed by atoms with van der Waals surface area (Å²) in [6.45, 7) is 2.36. The molecule has 0 fully saturated rings. The Morgan fingerprint density at radius 2 is 1.77 bits per heavy atom. The van der Waals surface area contributed by atoms with Crippen LogP contribution in [0.5, 0.6) is 17.2 Å². The van der Waals surface area contributed by atoms with Gasteiger partial charge in [-0.3, -0.25) is 25.0 Å². The zero-order valence-electron chi connectivity index (χ0n) is 18.3. The van der Waals surface area contributed by atoms with Gasteiger partial charge in [0, 0.05) is 11.8 Å². The fourth-order valence-electron chi connectivity index (χ4n) is 2.96. The number of nitriles is 1. The molecule has 176 valence electrons. The Labute approximate surface area is 199 Å². The second-order valence-electron chi connectivity index (χ2n) is 6.92. The van der Waals surface area contributed by atoms with Gasteiger partial charge in [-0.25, -0.2) is 0 Å². The summed E-state index contributed by atoms with van der Waals surface area (Å²) < 4.78 is 10.9. The quantitative estimate of drug-likeness (QED) is 0.191. The van der Waals surface area contributed by atoms with Crippen LogP contribution < -0.4 is 14.8 Å². The number of nitro groups is 2. The highest BCUT2D eigenvalue weighted by atomic mass is 16.6. The lowest BCUT2D eigenvalue weighted by atomic mass is 10.1. The molecule has 11 nitrogen and oxygen atoms in total. The van der Waals surface area contributed by atoms with Crippen molar-refractivity contribution in [3.8, 4) is 23.3 Å². The largest absolute Gasteiger partial charge is 0.494 e. The van der Waals surface area contributed by atoms with Gasteiger partial charge in [-0.05, 0) is 61.0 Å². The fraction of sp³-hybridized carbons (Fsp3) is 0.0833. The number of nitro benzene ring substituents is 2. The Morgan fingerprint density at radius 3 is 2.40 bits per heavy atom. The lowest BCUT2D eigenvalue weighted by Gasteiger charge is -2.08. The lowest BCUT2D eigenvalue weighted by molar-refractivity contribution is -0.394. The molecule has 1 N–H and O–H groups in total. The van der Waals surface area contributed by atoms with Gasteiger partial charge < -0.3 is 14.8 Å². The van der Waals surface area contributed by atoms with Gasteiger partial charge in [0.1, 0.15) is 23.1 Å². The van der Waals surface area contributed by atoms with Crippen molar-refractivity contribution in [1.29, 1.82) is 5.26 Å². The minimum absolute atomic E-state index is 0.167. The summed E-state index contributed by atoms with van der Waals surface area (Å²) in [5.74, 6) is -0.0176. The van der Waals surface area contributed by atoms with E-state index in [1.54, 1.807) is 36.4 Å². The highest BCUT2D eigenvalue weighted by molar-refractivity contribution is 6.09. The second kappa shape index (κ2) is 11.1. The number of carbonyl (C=O) groups is 1. The Hall–Kier alpha value is -5.24. The number of rotatable bonds is 9. The molecule has 0 aliphatic carbocycles. The molecule has 0 bridgehead atoms. The summed E-state index contributed by atoms with van der Waals surface area (Å²) in [5.41, 5.74) is -0.310. The van der Waals surface area contributed by atoms with Gasteiger partial charge in [0.2, 0.25) is 5.75 Å². The standard InChI is InChI=1S/C24H18N4O7/c1-2-34-20-9-6-18(7-10-20)26-24(29)17(15-25)12-16-4-3-5-21(13-16)35-23-11-8-19(27(30)31)14-22(23)28(32)33/h3-14H,2H2,1H3,(H,26,29)/b17-12-. The molecule has 3 aromatic carbocycles. The minimum Gasteiger partial charge on any atom is -0.494 e. The number of anilines is 1. The molecule has 3 aromatic rings. The van der Waals surface area contributed by atoms with E-state index in [9.17, 15) is 30.3 Å². The van der Waals surface area contributed by atoms with Crippen molar-refractivity contribution in [3.63, 3.8) is 0 Å². The van der Waals surface area contributed by atoms with Crippen molar-refractivity contribution in [3.05, 3.63) is 98.1 Å². The van der Waals surface area contributed by atoms with Crippen molar-refractivity contribution in [2.75, 3.05) is 11.9 Å². The molecule has 0 aliphatic heterocycles. The maximum Gasteiger partial charge on any atom is 0.318 e. The predicted octanol–water partition coefficient (Wildman–Crippen LogP) is 5.24. The topological polar surface area (TPSA) is 158 Å². The molecule has 0 radical (unpaired) electrons. The van der Waals surface area contributed by atoms with Gasteiger partial charge in [0.15, 0.2) is 0 Å². The Balaban J connectivity index is 1.80. The van der Waals surface area contributed by atoms with Crippen molar-refractivity contribution in [2.45, 2.75) is 6.92 Å². The van der Waals surface area contributed by atoms with E-state index in [4.69, 9.17) is 9.47 Å². The first-order valence-electron chi connectivity index (χ1n) is 10.2. The third kappa shape index (κ3) is 6.39. The number of benzene rings is 3. The van der Waals surface area contributed by atoms with Crippen LogP contribution in [0.4, 0.5) is 17.1 Å². The average Bonchev–Trinajstić information content (AvgIpc) is 2.84. The Morgan fingerprint density at radius 1 is 1.03 bits per heavy atom. The zero-order valence-corrected chi connectivity index (χ0v) is 18.3. The predicted molar refractivity (Wildman–Crippen MR) is 126 cm³/mol. The van der Waals surface area contributed by atoms with Crippen LogP contribution in [-0.2, 0) is 4.79 Å². The molecule has 0 saturated heterocycles. The first-order chi connectivity index (χ1) is 16.8. The molecule has 0 aliphatic rings. The molecule has 0 aromatic heterocycles. The third-order valence-corrected chi connectivity index (χ3v) is 4.54. The zero-order chi connectivity index (χ0) is 25.4. The lowest BCUT2D eigenvalue weighted by Crippen LogP contribution is -2.13. The van der Waals surface area contributed by atoms with Crippen LogP contribution >= 0.6 is 0 Å². The van der Waals surface area contributed by atoms with Crippen LogP contribution in [0.15, 0.2) is 72.3 Å². The van der Waals surface area contributed by atoms with E-state index in [1.165, 1.54) is 18.2 Å². The van der Waals surface area contributed by atoms with Crippen molar-refractivity contribution in [1.82, 2.24) is 0 Å². The van der Waals surface area contributed by atoms with Gasteiger partial charge in [0.05, 0.1) is 22.5 Å². The normalized spacial score (nSPS) is 10.7. The van der Waals surface area contributed by atoms with Gasteiger partial charge in [-0.15, -0.1) is 0 Å². The number of amides is 1. The fourth-order valence-corrected chi connectivity index (χ4v) is 2.96. The number of carbonyl (C=O) groups excluding carboxylic acids is 1. The molecule has 0 atom stereocenters. The molecule has 1 amide bonds. The van der Waals surface area contributed by atoms with Gasteiger partial charge in [-0.2, -0.15) is 5.26 Å². The van der Waals surface area contributed by atoms with E-state index in [0.717, 1.165) is 18.2 Å². The summed E-state index contributed by atoms with van der Waals surface area (Å²) in [4.78, 5) is 33.2. The summed E-state index contributed by atoms with van der Waals surface area (Å²) in [6.07, 6.45) is 1.33. The molecular weight excluding hydrogens is 456 g/mol. The summed E-state index contributed by atoms with van der Waals surface area (Å²) >= 11 is 0.